The van der Waals surface area contributed by atoms with E-state index in [0.717, 1.165) is 5.57 Å². The van der Waals surface area contributed by atoms with Crippen LogP contribution in [0.15, 0.2) is 17.4 Å². The van der Waals surface area contributed by atoms with Crippen LogP contribution in [0.3, 0.4) is 0 Å². The molecule has 0 unspecified atom stereocenters. The Labute approximate surface area is 55.7 Å². The fourth-order valence-electron chi connectivity index (χ4n) is 0.277. The summed E-state index contributed by atoms with van der Waals surface area (Å²) in [6, 6.07) is 0. The zero-order valence-electron chi connectivity index (χ0n) is 5.73. The molecule has 1 nitrogen and oxygen atoms in total. The van der Waals surface area contributed by atoms with Gasteiger partial charge in [-0.2, -0.15) is 0 Å². The van der Waals surface area contributed by atoms with Gasteiger partial charge in [-0.15, -0.1) is 5.73 Å². The van der Waals surface area contributed by atoms with Crippen LogP contribution in [0.5, 0.6) is 0 Å². The number of hydrogen-bond acceptors (Lipinski definition) is 1. The van der Waals surface area contributed by atoms with E-state index in [1.165, 1.54) is 0 Å². The molecule has 0 saturated carbocycles. The number of allylic oxidation sites excluding steroid dienone is 1. The molecule has 0 aliphatic heterocycles. The van der Waals surface area contributed by atoms with Crippen LogP contribution in [-0.2, 0) is 0 Å². The van der Waals surface area contributed by atoms with Crippen molar-refractivity contribution in [3.05, 3.63) is 17.4 Å². The molecule has 0 aliphatic rings. The van der Waals surface area contributed by atoms with E-state index in [9.17, 15) is 0 Å². The highest BCUT2D eigenvalue weighted by Crippen LogP contribution is 1.80. The molecule has 9 heavy (non-hydrogen) atoms. The molecular formula is C8H10O. The highest BCUT2D eigenvalue weighted by Gasteiger charge is 1.63. The van der Waals surface area contributed by atoms with Gasteiger partial charge in [0.2, 0.25) is 0 Å². The molecule has 0 bridgehead atoms. The van der Waals surface area contributed by atoms with Crippen LogP contribution in [0.25, 0.3) is 0 Å². The fraction of sp³-hybridized carbons (Fsp3) is 0.375. The van der Waals surface area contributed by atoms with E-state index in [2.05, 4.69) is 17.6 Å². The Kier molecular flexibility index (Phi) is 4.63. The molecule has 0 rings (SSSR count). The maximum Gasteiger partial charge on any atom is 0.104 e. The van der Waals surface area contributed by atoms with Crippen LogP contribution in [-0.4, -0.2) is 11.7 Å². The first kappa shape index (κ1) is 8.04. The number of rotatable bonds is 0. The van der Waals surface area contributed by atoms with E-state index in [1.54, 1.807) is 6.08 Å². The highest BCUT2D eigenvalue weighted by molar-refractivity contribution is 5.16. The molecule has 0 saturated heterocycles. The lowest BCUT2D eigenvalue weighted by Crippen LogP contribution is -1.68. The summed E-state index contributed by atoms with van der Waals surface area (Å²) in [5.41, 5.74) is 3.97. The molecule has 0 atom stereocenters. The van der Waals surface area contributed by atoms with Gasteiger partial charge in [0.1, 0.15) is 6.61 Å². The number of aliphatic hydroxyl groups is 1. The topological polar surface area (TPSA) is 20.2 Å². The molecule has 1 heteroatoms. The molecule has 0 heterocycles. The maximum absolute atomic E-state index is 8.20. The lowest BCUT2D eigenvalue weighted by Gasteiger charge is -1.71. The minimum Gasteiger partial charge on any atom is -0.384 e. The summed E-state index contributed by atoms with van der Waals surface area (Å²) in [6.07, 6.45) is 1.60. The molecule has 0 amide bonds. The first-order valence-electron chi connectivity index (χ1n) is 2.75. The molecule has 0 fully saturated rings. The Hall–Kier alpha value is -0.960. The van der Waals surface area contributed by atoms with Gasteiger partial charge < -0.3 is 5.11 Å². The van der Waals surface area contributed by atoms with Crippen LogP contribution in [0.1, 0.15) is 13.8 Å². The van der Waals surface area contributed by atoms with Gasteiger partial charge in [0.15, 0.2) is 0 Å². The molecule has 0 aromatic rings. The lowest BCUT2D eigenvalue weighted by atomic mass is 10.4. The van der Waals surface area contributed by atoms with Crippen LogP contribution < -0.4 is 0 Å². The molecule has 0 aromatic carbocycles. The van der Waals surface area contributed by atoms with Crippen molar-refractivity contribution in [3.8, 4) is 11.8 Å². The first-order valence-corrected chi connectivity index (χ1v) is 2.75. The predicted molar refractivity (Wildman–Crippen MR) is 37.8 cm³/mol. The Balaban J connectivity index is 3.87. The fourth-order valence-corrected chi connectivity index (χ4v) is 0.277. The van der Waals surface area contributed by atoms with E-state index in [4.69, 9.17) is 5.11 Å². The SMILES string of the molecule is CC(C)=C=CC#CCO. The minimum atomic E-state index is -0.0824. The van der Waals surface area contributed by atoms with Gasteiger partial charge in [-0.25, -0.2) is 0 Å². The minimum absolute atomic E-state index is 0.0824. The zero-order valence-corrected chi connectivity index (χ0v) is 5.73. The summed E-state index contributed by atoms with van der Waals surface area (Å²) in [5, 5.41) is 8.20. The van der Waals surface area contributed by atoms with E-state index in [0.29, 0.717) is 0 Å². The van der Waals surface area contributed by atoms with Crippen molar-refractivity contribution < 1.29 is 5.11 Å². The second-order valence-corrected chi connectivity index (χ2v) is 1.77. The van der Waals surface area contributed by atoms with Gasteiger partial charge in [-0.1, -0.05) is 11.8 Å². The van der Waals surface area contributed by atoms with Crippen molar-refractivity contribution in [2.24, 2.45) is 0 Å². The normalized spacial score (nSPS) is 6.56. The number of hydrogen-bond donors (Lipinski definition) is 1. The van der Waals surface area contributed by atoms with Crippen LogP contribution in [0, 0.1) is 11.8 Å². The maximum atomic E-state index is 8.20. The smallest absolute Gasteiger partial charge is 0.104 e. The van der Waals surface area contributed by atoms with Crippen molar-refractivity contribution in [2.45, 2.75) is 13.8 Å². The van der Waals surface area contributed by atoms with Crippen LogP contribution in [0.4, 0.5) is 0 Å². The average Bonchev–Trinajstić information content (AvgIpc) is 1.80. The van der Waals surface area contributed by atoms with E-state index in [-0.39, 0.29) is 6.61 Å². The largest absolute Gasteiger partial charge is 0.384 e. The van der Waals surface area contributed by atoms with Gasteiger partial charge in [0.25, 0.3) is 0 Å². The quantitative estimate of drug-likeness (QED) is 0.377. The van der Waals surface area contributed by atoms with E-state index in [1.807, 2.05) is 13.8 Å². The Morgan fingerprint density at radius 1 is 1.56 bits per heavy atom. The highest BCUT2D eigenvalue weighted by atomic mass is 16.2. The standard InChI is InChI=1S/C8H10O/c1-8(2)6-4-3-5-7-9/h4,9H,7H2,1-2H3. The van der Waals surface area contributed by atoms with E-state index < -0.39 is 0 Å². The summed E-state index contributed by atoms with van der Waals surface area (Å²) < 4.78 is 0. The van der Waals surface area contributed by atoms with Crippen molar-refractivity contribution in [2.75, 3.05) is 6.61 Å². The van der Waals surface area contributed by atoms with Gasteiger partial charge in [-0.05, 0) is 19.4 Å². The molecule has 1 N–H and O–H groups in total. The van der Waals surface area contributed by atoms with Crippen molar-refractivity contribution in [1.29, 1.82) is 0 Å². The van der Waals surface area contributed by atoms with Crippen LogP contribution in [0.2, 0.25) is 0 Å². The Morgan fingerprint density at radius 3 is 2.67 bits per heavy atom. The second kappa shape index (κ2) is 5.18. The first-order chi connectivity index (χ1) is 4.27. The van der Waals surface area contributed by atoms with E-state index >= 15 is 0 Å². The Morgan fingerprint density at radius 2 is 2.22 bits per heavy atom. The number of aliphatic hydroxyl groups excluding tert-OH is 1. The van der Waals surface area contributed by atoms with Gasteiger partial charge in [0.05, 0.1) is 0 Å². The van der Waals surface area contributed by atoms with Crippen LogP contribution >= 0.6 is 0 Å². The molecule has 48 valence electrons. The van der Waals surface area contributed by atoms with Crippen molar-refractivity contribution in [1.82, 2.24) is 0 Å². The molecule has 0 aromatic heterocycles. The summed E-state index contributed by atoms with van der Waals surface area (Å²) in [5.74, 6) is 5.09. The lowest BCUT2D eigenvalue weighted by molar-refractivity contribution is 0.350. The molecular weight excluding hydrogens is 112 g/mol. The van der Waals surface area contributed by atoms with Gasteiger partial charge >= 0.3 is 0 Å². The third kappa shape index (κ3) is 7.04. The molecule has 0 radical (unpaired) electrons. The summed E-state index contributed by atoms with van der Waals surface area (Å²) in [7, 11) is 0. The van der Waals surface area contributed by atoms with Crippen molar-refractivity contribution >= 4 is 0 Å². The third-order valence-electron chi connectivity index (χ3n) is 0.614. The average molecular weight is 122 g/mol. The Bertz CT molecular complexity index is 180. The second-order valence-electron chi connectivity index (χ2n) is 1.77. The summed E-state index contributed by atoms with van der Waals surface area (Å²) in [4.78, 5) is 0. The third-order valence-corrected chi connectivity index (χ3v) is 0.614. The zero-order chi connectivity index (χ0) is 7.11. The summed E-state index contributed by atoms with van der Waals surface area (Å²) >= 11 is 0. The molecule has 0 aliphatic carbocycles. The van der Waals surface area contributed by atoms with Gasteiger partial charge in [-0.3, -0.25) is 0 Å². The summed E-state index contributed by atoms with van der Waals surface area (Å²) in [6.45, 7) is 3.80. The molecule has 0 spiro atoms. The predicted octanol–water partition coefficient (Wildman–Crippen LogP) is 1.10. The van der Waals surface area contributed by atoms with Crippen molar-refractivity contribution in [3.63, 3.8) is 0 Å². The van der Waals surface area contributed by atoms with Gasteiger partial charge in [0, 0.05) is 6.08 Å². The monoisotopic (exact) mass is 122 g/mol.